The number of ether oxygens (including phenoxy) is 3. The van der Waals surface area contributed by atoms with Crippen molar-refractivity contribution < 1.29 is 44.8 Å². The molecule has 3 heterocycles. The number of phenols is 3. The van der Waals surface area contributed by atoms with Gasteiger partial charge in [0.25, 0.3) is 0 Å². The number of H-pyrrole nitrogens is 1. The minimum atomic E-state index is -0.682. The third-order valence-electron chi connectivity index (χ3n) is 16.2. The second kappa shape index (κ2) is 20.2. The van der Waals surface area contributed by atoms with E-state index in [1.807, 2.05) is 43.6 Å². The summed E-state index contributed by atoms with van der Waals surface area (Å²) in [5, 5.41) is 72.7. The Morgan fingerprint density at radius 2 is 1.75 bits per heavy atom. The number of aryl methyl sites for hydroxylation is 1. The Morgan fingerprint density at radius 1 is 0.908 bits per heavy atom. The Labute approximate surface area is 383 Å². The van der Waals surface area contributed by atoms with Crippen molar-refractivity contribution in [2.75, 3.05) is 20.3 Å². The van der Waals surface area contributed by atoms with Crippen LogP contribution in [0.25, 0.3) is 0 Å². The second-order valence-corrected chi connectivity index (χ2v) is 19.7. The van der Waals surface area contributed by atoms with Crippen LogP contribution in [0.1, 0.15) is 134 Å². The molecular formula is C54H70N2O9. The zero-order valence-corrected chi connectivity index (χ0v) is 38.1. The largest absolute Gasteiger partial charge is 0.508 e. The van der Waals surface area contributed by atoms with Gasteiger partial charge in [-0.2, -0.15) is 0 Å². The number of phenolic OH excluding ortho intramolecular Hbond substituents is 2. The lowest BCUT2D eigenvalue weighted by molar-refractivity contribution is -0.154. The lowest BCUT2D eigenvalue weighted by Gasteiger charge is -2.50. The Balaban J connectivity index is 1.01. The fourth-order valence-electron chi connectivity index (χ4n) is 12.9. The minimum absolute atomic E-state index is 0.0155. The zero-order chi connectivity index (χ0) is 45.2. The highest BCUT2D eigenvalue weighted by molar-refractivity contribution is 5.64. The molecule has 2 saturated heterocycles. The molecule has 1 aromatic heterocycles. The number of rotatable bonds is 15. The lowest BCUT2D eigenvalue weighted by atomic mass is 9.57. The molecule has 11 nitrogen and oxygen atoms in total. The van der Waals surface area contributed by atoms with E-state index >= 15 is 0 Å². The minimum Gasteiger partial charge on any atom is -0.508 e. The molecule has 4 fully saturated rings. The fourth-order valence-corrected chi connectivity index (χ4v) is 12.9. The van der Waals surface area contributed by atoms with Crippen LogP contribution in [0.3, 0.4) is 0 Å². The Bertz CT molecular complexity index is 2250. The molecule has 0 radical (unpaired) electrons. The van der Waals surface area contributed by atoms with Gasteiger partial charge in [-0.3, -0.25) is 0 Å². The van der Waals surface area contributed by atoms with Gasteiger partial charge in [0.1, 0.15) is 5.75 Å². The van der Waals surface area contributed by atoms with Gasteiger partial charge >= 0.3 is 0 Å². The van der Waals surface area contributed by atoms with E-state index in [4.69, 9.17) is 14.2 Å². The van der Waals surface area contributed by atoms with Gasteiger partial charge in [0.15, 0.2) is 11.5 Å². The summed E-state index contributed by atoms with van der Waals surface area (Å²) >= 11 is 0. The van der Waals surface area contributed by atoms with Gasteiger partial charge in [-0.1, -0.05) is 54.1 Å². The van der Waals surface area contributed by atoms with Crippen LogP contribution in [0.5, 0.6) is 23.0 Å². The van der Waals surface area contributed by atoms with E-state index in [1.54, 1.807) is 0 Å². The molecule has 3 aromatic carbocycles. The number of aromatic hydroxyl groups is 3. The van der Waals surface area contributed by atoms with Crippen molar-refractivity contribution >= 4 is 0 Å². The number of hydrogen-bond donors (Lipinski definition) is 8. The Morgan fingerprint density at radius 3 is 2.52 bits per heavy atom. The molecule has 0 bridgehead atoms. The Hall–Kier alpha value is -4.36. The third-order valence-corrected chi connectivity index (χ3v) is 16.2. The number of nitrogens with one attached hydrogen (secondary N) is 2. The van der Waals surface area contributed by atoms with Crippen LogP contribution in [0.4, 0.5) is 0 Å². The zero-order valence-electron chi connectivity index (χ0n) is 38.1. The monoisotopic (exact) mass is 891 g/mol. The smallest absolute Gasteiger partial charge is 0.201 e. The molecule has 11 heteroatoms. The van der Waals surface area contributed by atoms with Crippen LogP contribution >= 0.6 is 0 Å². The molecular weight excluding hydrogens is 821 g/mol. The summed E-state index contributed by atoms with van der Waals surface area (Å²) < 4.78 is 18.4. The molecule has 12 atom stereocenters. The number of piperidine rings is 1. The summed E-state index contributed by atoms with van der Waals surface area (Å²) in [4.78, 5) is 3.08. The lowest BCUT2D eigenvalue weighted by Crippen LogP contribution is -2.50. The second-order valence-electron chi connectivity index (χ2n) is 19.7. The van der Waals surface area contributed by atoms with Crippen LogP contribution < -0.4 is 10.1 Å². The molecule has 65 heavy (non-hydrogen) atoms. The summed E-state index contributed by atoms with van der Waals surface area (Å²) in [6.07, 6.45) is 14.5. The van der Waals surface area contributed by atoms with Crippen LogP contribution in [-0.4, -0.2) is 86.3 Å². The molecule has 5 aliphatic rings. The van der Waals surface area contributed by atoms with Gasteiger partial charge in [0.2, 0.25) is 5.75 Å². The Kier molecular flexibility index (Phi) is 14.3. The van der Waals surface area contributed by atoms with Crippen molar-refractivity contribution in [1.29, 1.82) is 0 Å². The highest BCUT2D eigenvalue weighted by atomic mass is 16.5. The first-order valence-electron chi connectivity index (χ1n) is 24.4. The van der Waals surface area contributed by atoms with E-state index < -0.39 is 36.4 Å². The first kappa shape index (κ1) is 45.8. The first-order valence-corrected chi connectivity index (χ1v) is 24.4. The number of allylic oxidation sites excluding steroid dienone is 1. The average Bonchev–Trinajstić information content (AvgIpc) is 3.84. The van der Waals surface area contributed by atoms with Crippen molar-refractivity contribution in [3.05, 3.63) is 118 Å². The molecule has 0 unspecified atom stereocenters. The molecule has 4 aromatic rings. The predicted octanol–water partition coefficient (Wildman–Crippen LogP) is 8.60. The molecule has 3 aliphatic carbocycles. The fraction of sp³-hybridized carbons (Fsp3) is 0.556. The van der Waals surface area contributed by atoms with Gasteiger partial charge in [-0.25, -0.2) is 0 Å². The number of methoxy groups -OCH3 is 1. The molecule has 2 aliphatic heterocycles. The van der Waals surface area contributed by atoms with E-state index in [0.29, 0.717) is 48.4 Å². The summed E-state index contributed by atoms with van der Waals surface area (Å²) in [6, 6.07) is 19.3. The molecule has 0 spiro atoms. The molecule has 350 valence electrons. The molecule has 9 rings (SSSR count). The predicted molar refractivity (Wildman–Crippen MR) is 249 cm³/mol. The number of aliphatic hydroxyl groups is 3. The standard InChI is InChI=1S/C54H70N2O9/c1-3-64-22-20-37-14-10-36-25-40-35(26-44(36)56-37)12-16-39(45(58)17-9-31-7-5-4-6-8-31)50(40)41-24-33(13-18-46(41)59)34-11-15-38-47(60)28-49(65-48(38)27-34)51-42(23-32-19-21-55-29-32)54(63-2)53(62)52(61)43(51)30-57/h4-8,13,18-19,21,24-25,29,34-35,37-40,44-45,47-50,55-62H,3,9-12,14-17,20,22-23,26-28,30H2,1-2H3/t34-,35-,37-,38+,39+,40+,44+,45-,47+,48+,49+,50+/m1/s1. The van der Waals surface area contributed by atoms with Crippen molar-refractivity contribution in [1.82, 2.24) is 10.3 Å². The third kappa shape index (κ3) is 9.47. The number of fused-ring (bicyclic) bond motifs is 3. The van der Waals surface area contributed by atoms with Gasteiger partial charge in [0, 0.05) is 67.6 Å². The number of aliphatic hydroxyl groups excluding tert-OH is 3. The van der Waals surface area contributed by atoms with Crippen molar-refractivity contribution in [2.45, 2.75) is 145 Å². The van der Waals surface area contributed by atoms with Gasteiger partial charge < -0.3 is 55.2 Å². The van der Waals surface area contributed by atoms with Gasteiger partial charge in [-0.05, 0) is 147 Å². The molecule has 2 saturated carbocycles. The maximum atomic E-state index is 12.2. The van der Waals surface area contributed by atoms with E-state index in [-0.39, 0.29) is 59.2 Å². The highest BCUT2D eigenvalue weighted by Crippen LogP contribution is 2.56. The van der Waals surface area contributed by atoms with Crippen molar-refractivity contribution in [2.24, 2.45) is 23.7 Å². The van der Waals surface area contributed by atoms with Gasteiger partial charge in [-0.15, -0.1) is 0 Å². The summed E-state index contributed by atoms with van der Waals surface area (Å²) in [7, 11) is 1.44. The summed E-state index contributed by atoms with van der Waals surface area (Å²) in [6.45, 7) is 3.03. The average molecular weight is 891 g/mol. The number of aromatic amines is 1. The molecule has 0 amide bonds. The molecule has 8 N–H and O–H groups in total. The number of hydrogen-bond acceptors (Lipinski definition) is 10. The van der Waals surface area contributed by atoms with Crippen LogP contribution in [0.2, 0.25) is 0 Å². The maximum absolute atomic E-state index is 12.2. The number of benzene rings is 3. The van der Waals surface area contributed by atoms with E-state index in [2.05, 4.69) is 46.7 Å². The van der Waals surface area contributed by atoms with Crippen molar-refractivity contribution in [3.8, 4) is 23.0 Å². The van der Waals surface area contributed by atoms with Crippen molar-refractivity contribution in [3.63, 3.8) is 0 Å². The van der Waals surface area contributed by atoms with Crippen LogP contribution in [-0.2, 0) is 28.9 Å². The topological polar surface area (TPSA) is 177 Å². The van der Waals surface area contributed by atoms with Crippen LogP contribution in [0, 0.1) is 23.7 Å². The maximum Gasteiger partial charge on any atom is 0.201 e. The van der Waals surface area contributed by atoms with Gasteiger partial charge in [0.05, 0.1) is 38.1 Å². The van der Waals surface area contributed by atoms with E-state index in [9.17, 15) is 30.6 Å². The van der Waals surface area contributed by atoms with Crippen LogP contribution in [0.15, 0.2) is 78.6 Å². The SMILES string of the molecule is CCOCC[C@H]1CCC2=C[C@H]3[C@H](CC[C@@H]([C@H](O)CCc4ccccc4)[C@@H]3c3cc([C@@H]4CC[C@@H]5[C@H](C4)O[C@H](c4c(CO)c(O)c(O)c(OC)c4Cc4cc[nH]c4)C[C@@H]5O)ccc3O)C[C@@H]2N1. The van der Waals surface area contributed by atoms with E-state index in [1.165, 1.54) is 18.2 Å². The van der Waals surface area contributed by atoms with E-state index in [0.717, 1.165) is 87.7 Å². The summed E-state index contributed by atoms with van der Waals surface area (Å²) in [5.41, 5.74) is 6.96. The first-order chi connectivity index (χ1) is 31.6. The number of aromatic nitrogens is 1. The highest BCUT2D eigenvalue weighted by Gasteiger charge is 2.48. The quantitative estimate of drug-likeness (QED) is 0.0328. The summed E-state index contributed by atoms with van der Waals surface area (Å²) in [5.74, 6) is 0.0767. The normalized spacial score (nSPS) is 30.4.